The largest absolute Gasteiger partial charge is 0.392 e. The van der Waals surface area contributed by atoms with Gasteiger partial charge in [-0.3, -0.25) is 4.98 Å². The summed E-state index contributed by atoms with van der Waals surface area (Å²) >= 11 is 0. The van der Waals surface area contributed by atoms with Crippen LogP contribution >= 0.6 is 0 Å². The van der Waals surface area contributed by atoms with Crippen LogP contribution in [0.1, 0.15) is 31.4 Å². The predicted molar refractivity (Wildman–Crippen MR) is 51.4 cm³/mol. The third-order valence-electron chi connectivity index (χ3n) is 2.77. The van der Waals surface area contributed by atoms with E-state index in [0.29, 0.717) is 5.92 Å². The maximum absolute atomic E-state index is 9.87. The SMILES string of the molecule is CC(c1ccccn1)C(O)C1CC1. The van der Waals surface area contributed by atoms with Crippen molar-refractivity contribution in [1.29, 1.82) is 0 Å². The highest BCUT2D eigenvalue weighted by Crippen LogP contribution is 2.38. The molecule has 0 bridgehead atoms. The highest BCUT2D eigenvalue weighted by atomic mass is 16.3. The number of rotatable bonds is 3. The van der Waals surface area contributed by atoms with Crippen molar-refractivity contribution in [3.63, 3.8) is 0 Å². The molecule has 1 aliphatic carbocycles. The Hall–Kier alpha value is -0.890. The van der Waals surface area contributed by atoms with Crippen molar-refractivity contribution in [3.8, 4) is 0 Å². The molecule has 1 aliphatic rings. The summed E-state index contributed by atoms with van der Waals surface area (Å²) in [5.41, 5.74) is 1.00. The van der Waals surface area contributed by atoms with Gasteiger partial charge in [-0.2, -0.15) is 0 Å². The quantitative estimate of drug-likeness (QED) is 0.765. The minimum absolute atomic E-state index is 0.175. The van der Waals surface area contributed by atoms with E-state index < -0.39 is 0 Å². The summed E-state index contributed by atoms with van der Waals surface area (Å²) in [6.45, 7) is 2.05. The van der Waals surface area contributed by atoms with Crippen LogP contribution in [0.3, 0.4) is 0 Å². The van der Waals surface area contributed by atoms with E-state index in [4.69, 9.17) is 0 Å². The highest BCUT2D eigenvalue weighted by Gasteiger charge is 2.34. The van der Waals surface area contributed by atoms with Gasteiger partial charge in [0.2, 0.25) is 0 Å². The first-order chi connectivity index (χ1) is 6.29. The van der Waals surface area contributed by atoms with Gasteiger partial charge in [0, 0.05) is 17.8 Å². The Morgan fingerprint density at radius 1 is 1.46 bits per heavy atom. The van der Waals surface area contributed by atoms with Crippen LogP contribution in [0.15, 0.2) is 24.4 Å². The molecular formula is C11H15NO. The Morgan fingerprint density at radius 2 is 2.23 bits per heavy atom. The van der Waals surface area contributed by atoms with Crippen LogP contribution in [0, 0.1) is 5.92 Å². The zero-order valence-electron chi connectivity index (χ0n) is 7.85. The standard InChI is InChI=1S/C11H15NO/c1-8(11(13)9-5-6-9)10-4-2-3-7-12-10/h2-4,7-9,11,13H,5-6H2,1H3. The van der Waals surface area contributed by atoms with Gasteiger partial charge in [0.15, 0.2) is 0 Å². The molecule has 2 heteroatoms. The third-order valence-corrected chi connectivity index (χ3v) is 2.77. The normalized spacial score (nSPS) is 21.1. The van der Waals surface area contributed by atoms with E-state index in [0.717, 1.165) is 5.69 Å². The smallest absolute Gasteiger partial charge is 0.0649 e. The summed E-state index contributed by atoms with van der Waals surface area (Å²) in [6.07, 6.45) is 3.94. The summed E-state index contributed by atoms with van der Waals surface area (Å²) in [4.78, 5) is 4.25. The first-order valence-electron chi connectivity index (χ1n) is 4.88. The van der Waals surface area contributed by atoms with Gasteiger partial charge < -0.3 is 5.11 Å². The molecule has 0 spiro atoms. The van der Waals surface area contributed by atoms with Gasteiger partial charge >= 0.3 is 0 Å². The molecule has 0 aliphatic heterocycles. The van der Waals surface area contributed by atoms with E-state index in [1.54, 1.807) is 6.20 Å². The van der Waals surface area contributed by atoms with Crippen molar-refractivity contribution in [2.75, 3.05) is 0 Å². The lowest BCUT2D eigenvalue weighted by atomic mass is 9.97. The number of aromatic nitrogens is 1. The molecule has 1 aromatic rings. The fourth-order valence-electron chi connectivity index (χ4n) is 1.67. The average molecular weight is 177 g/mol. The van der Waals surface area contributed by atoms with Crippen LogP contribution in [-0.2, 0) is 0 Å². The van der Waals surface area contributed by atoms with Crippen molar-refractivity contribution < 1.29 is 5.11 Å². The molecule has 0 amide bonds. The molecule has 1 fully saturated rings. The second-order valence-electron chi connectivity index (χ2n) is 3.87. The fraction of sp³-hybridized carbons (Fsp3) is 0.545. The summed E-state index contributed by atoms with van der Waals surface area (Å²) < 4.78 is 0. The second kappa shape index (κ2) is 3.46. The van der Waals surface area contributed by atoms with Gasteiger partial charge in [-0.25, -0.2) is 0 Å². The lowest BCUT2D eigenvalue weighted by Gasteiger charge is -2.17. The molecule has 70 valence electrons. The Kier molecular flexibility index (Phi) is 2.32. The third kappa shape index (κ3) is 1.89. The minimum atomic E-state index is -0.199. The van der Waals surface area contributed by atoms with Gasteiger partial charge in [-0.15, -0.1) is 0 Å². The van der Waals surface area contributed by atoms with Crippen molar-refractivity contribution >= 4 is 0 Å². The molecule has 1 aromatic heterocycles. The average Bonchev–Trinajstić information content (AvgIpc) is 3.00. The number of hydrogen-bond acceptors (Lipinski definition) is 2. The fourth-order valence-corrected chi connectivity index (χ4v) is 1.67. The molecule has 0 saturated heterocycles. The van der Waals surface area contributed by atoms with Crippen molar-refractivity contribution in [2.45, 2.75) is 31.8 Å². The van der Waals surface area contributed by atoms with E-state index in [-0.39, 0.29) is 12.0 Å². The number of nitrogens with zero attached hydrogens (tertiary/aromatic N) is 1. The number of pyridine rings is 1. The molecule has 13 heavy (non-hydrogen) atoms. The molecule has 0 radical (unpaired) electrons. The van der Waals surface area contributed by atoms with E-state index in [1.165, 1.54) is 12.8 Å². The van der Waals surface area contributed by atoms with Gasteiger partial charge in [-0.05, 0) is 30.9 Å². The Morgan fingerprint density at radius 3 is 2.77 bits per heavy atom. The minimum Gasteiger partial charge on any atom is -0.392 e. The number of aliphatic hydroxyl groups is 1. The van der Waals surface area contributed by atoms with E-state index in [9.17, 15) is 5.11 Å². The lowest BCUT2D eigenvalue weighted by molar-refractivity contribution is 0.125. The van der Waals surface area contributed by atoms with E-state index in [1.807, 2.05) is 25.1 Å². The maximum atomic E-state index is 9.87. The second-order valence-corrected chi connectivity index (χ2v) is 3.87. The van der Waals surface area contributed by atoms with Gasteiger partial charge in [0.05, 0.1) is 6.10 Å². The maximum Gasteiger partial charge on any atom is 0.0649 e. The van der Waals surface area contributed by atoms with Crippen LogP contribution in [-0.4, -0.2) is 16.2 Å². The monoisotopic (exact) mass is 177 g/mol. The Bertz CT molecular complexity index is 269. The molecule has 1 N–H and O–H groups in total. The number of aliphatic hydroxyl groups excluding tert-OH is 1. The first kappa shape index (κ1) is 8.70. The summed E-state index contributed by atoms with van der Waals surface area (Å²) in [5, 5.41) is 9.87. The van der Waals surface area contributed by atoms with Crippen LogP contribution < -0.4 is 0 Å². The molecule has 2 unspecified atom stereocenters. The molecule has 1 saturated carbocycles. The van der Waals surface area contributed by atoms with Gasteiger partial charge in [0.25, 0.3) is 0 Å². The topological polar surface area (TPSA) is 33.1 Å². The van der Waals surface area contributed by atoms with Crippen molar-refractivity contribution in [3.05, 3.63) is 30.1 Å². The van der Waals surface area contributed by atoms with Crippen LogP contribution in [0.5, 0.6) is 0 Å². The molecule has 2 nitrogen and oxygen atoms in total. The molecule has 2 atom stereocenters. The van der Waals surface area contributed by atoms with Gasteiger partial charge in [0.1, 0.15) is 0 Å². The molecule has 0 aromatic carbocycles. The lowest BCUT2D eigenvalue weighted by Crippen LogP contribution is -2.18. The number of hydrogen-bond donors (Lipinski definition) is 1. The van der Waals surface area contributed by atoms with E-state index in [2.05, 4.69) is 4.98 Å². The van der Waals surface area contributed by atoms with E-state index >= 15 is 0 Å². The summed E-state index contributed by atoms with van der Waals surface area (Å²) in [7, 11) is 0. The van der Waals surface area contributed by atoms with Crippen LogP contribution in [0.25, 0.3) is 0 Å². The summed E-state index contributed by atoms with van der Waals surface area (Å²) in [6, 6.07) is 5.86. The highest BCUT2D eigenvalue weighted by molar-refractivity contribution is 5.11. The molecular weight excluding hydrogens is 162 g/mol. The van der Waals surface area contributed by atoms with Gasteiger partial charge in [-0.1, -0.05) is 13.0 Å². The molecule has 2 rings (SSSR count). The first-order valence-corrected chi connectivity index (χ1v) is 4.88. The summed E-state index contributed by atoms with van der Waals surface area (Å²) in [5.74, 6) is 0.700. The Balaban J connectivity index is 2.07. The van der Waals surface area contributed by atoms with Crippen molar-refractivity contribution in [2.24, 2.45) is 5.92 Å². The van der Waals surface area contributed by atoms with Crippen molar-refractivity contribution in [1.82, 2.24) is 4.98 Å². The Labute approximate surface area is 78.6 Å². The van der Waals surface area contributed by atoms with Crippen LogP contribution in [0.2, 0.25) is 0 Å². The molecule has 1 heterocycles. The zero-order valence-corrected chi connectivity index (χ0v) is 7.85. The van der Waals surface area contributed by atoms with Crippen LogP contribution in [0.4, 0.5) is 0 Å². The zero-order chi connectivity index (χ0) is 9.26. The predicted octanol–water partition coefficient (Wildman–Crippen LogP) is 1.96.